The third-order valence-corrected chi connectivity index (χ3v) is 4.31. The van der Waals surface area contributed by atoms with Crippen LogP contribution in [0.4, 0.5) is 11.9 Å². The number of ether oxygens (including phenoxy) is 1. The lowest BCUT2D eigenvalue weighted by molar-refractivity contribution is 0.122. The summed E-state index contributed by atoms with van der Waals surface area (Å²) in [7, 11) is 1.73. The van der Waals surface area contributed by atoms with Gasteiger partial charge in [0.25, 0.3) is 0 Å². The molecule has 0 radical (unpaired) electrons. The Bertz CT molecular complexity index is 771. The second kappa shape index (κ2) is 7.77. The summed E-state index contributed by atoms with van der Waals surface area (Å²) < 4.78 is 6.73. The number of rotatable bonds is 3. The molecule has 10 heteroatoms. The van der Waals surface area contributed by atoms with Crippen molar-refractivity contribution in [1.82, 2.24) is 19.8 Å². The van der Waals surface area contributed by atoms with Crippen LogP contribution in [-0.4, -0.2) is 64.5 Å². The molecule has 1 fully saturated rings. The molecule has 1 aromatic heterocycles. The van der Waals surface area contributed by atoms with Crippen LogP contribution in [0.2, 0.25) is 5.02 Å². The van der Waals surface area contributed by atoms with Gasteiger partial charge in [-0.2, -0.15) is 14.8 Å². The Morgan fingerprint density at radius 3 is 2.72 bits per heavy atom. The number of nitrogens with two attached hydrogens (primary N) is 1. The normalized spacial score (nSPS) is 14.9. The zero-order valence-electron chi connectivity index (χ0n) is 13.7. The van der Waals surface area contributed by atoms with Crippen molar-refractivity contribution in [3.8, 4) is 0 Å². The van der Waals surface area contributed by atoms with E-state index in [0.717, 1.165) is 18.7 Å². The summed E-state index contributed by atoms with van der Waals surface area (Å²) in [6.07, 6.45) is 1.68. The first-order valence-electron chi connectivity index (χ1n) is 7.67. The fourth-order valence-electron chi connectivity index (χ4n) is 2.24. The summed E-state index contributed by atoms with van der Waals surface area (Å²) in [5.74, 6) is 0.762. The molecule has 0 aliphatic carbocycles. The molecule has 0 spiro atoms. The number of hydrogen-bond donors (Lipinski definition) is 1. The number of thiocarbonyl (C=S) groups is 1. The maximum Gasteiger partial charge on any atom is 0.247 e. The molecule has 132 valence electrons. The molecular weight excluding hydrogens is 362 g/mol. The molecule has 1 aliphatic heterocycles. The zero-order chi connectivity index (χ0) is 17.8. The molecule has 8 nitrogen and oxygen atoms in total. The molecule has 1 aliphatic rings. The molecule has 0 bridgehead atoms. The average molecular weight is 380 g/mol. The third-order valence-electron chi connectivity index (χ3n) is 3.62. The Balaban J connectivity index is 1.71. The third kappa shape index (κ3) is 4.25. The van der Waals surface area contributed by atoms with Gasteiger partial charge in [0.2, 0.25) is 17.0 Å². The number of morpholine rings is 1. The van der Waals surface area contributed by atoms with Crippen molar-refractivity contribution in [2.45, 2.75) is 0 Å². The molecule has 2 heterocycles. The number of aromatic nitrogens is 3. The Morgan fingerprint density at radius 2 is 2.04 bits per heavy atom. The van der Waals surface area contributed by atoms with Crippen LogP contribution >= 0.6 is 23.8 Å². The van der Waals surface area contributed by atoms with E-state index in [1.165, 1.54) is 9.69 Å². The second-order valence-corrected chi connectivity index (χ2v) is 6.19. The summed E-state index contributed by atoms with van der Waals surface area (Å²) in [5, 5.41) is 11.2. The van der Waals surface area contributed by atoms with E-state index < -0.39 is 0 Å². The highest BCUT2D eigenvalue weighted by atomic mass is 35.5. The van der Waals surface area contributed by atoms with Gasteiger partial charge in [-0.15, -0.1) is 5.10 Å². The molecule has 0 amide bonds. The maximum absolute atomic E-state index is 5.96. The van der Waals surface area contributed by atoms with Gasteiger partial charge in [0.1, 0.15) is 0 Å². The van der Waals surface area contributed by atoms with Crippen molar-refractivity contribution in [3.63, 3.8) is 0 Å². The molecular formula is C15H18ClN7OS. The minimum absolute atomic E-state index is 0.222. The van der Waals surface area contributed by atoms with E-state index >= 15 is 0 Å². The van der Waals surface area contributed by atoms with E-state index in [4.69, 9.17) is 34.3 Å². The van der Waals surface area contributed by atoms with E-state index in [2.05, 4.69) is 15.2 Å². The molecule has 25 heavy (non-hydrogen) atoms. The lowest BCUT2D eigenvalue weighted by Gasteiger charge is -2.25. The van der Waals surface area contributed by atoms with Gasteiger partial charge in [-0.1, -0.05) is 23.7 Å². The first-order chi connectivity index (χ1) is 12.0. The monoisotopic (exact) mass is 379 g/mol. The van der Waals surface area contributed by atoms with Crippen molar-refractivity contribution >= 4 is 47.0 Å². The number of nitrogens with zero attached hydrogens (tertiary/aromatic N) is 6. The first-order valence-corrected chi connectivity index (χ1v) is 8.46. The summed E-state index contributed by atoms with van der Waals surface area (Å²) in [6.45, 7) is 2.73. The maximum atomic E-state index is 5.96. The van der Waals surface area contributed by atoms with Gasteiger partial charge >= 0.3 is 0 Å². The largest absolute Gasteiger partial charge is 0.378 e. The smallest absolute Gasteiger partial charge is 0.247 e. The number of nitrogen functional groups attached to an aromatic ring is 1. The van der Waals surface area contributed by atoms with E-state index in [1.54, 1.807) is 25.4 Å². The van der Waals surface area contributed by atoms with Crippen LogP contribution in [0, 0.1) is 0 Å². The van der Waals surface area contributed by atoms with Gasteiger partial charge in [-0.25, -0.2) is 5.01 Å². The van der Waals surface area contributed by atoms with Gasteiger partial charge in [0, 0.05) is 25.2 Å². The Hall–Kier alpha value is -2.23. The standard InChI is InChI=1S/C15H18ClN7OS/c1-21(18-10-11-2-4-12(16)5-3-11)15(25)23-13(17)19-14(20-23)22-6-8-24-9-7-22/h2-5,10H,6-9H2,1H3,(H2,17,19,20)/b18-10+. The highest BCUT2D eigenvalue weighted by Crippen LogP contribution is 2.14. The minimum atomic E-state index is 0.222. The summed E-state index contributed by atoms with van der Waals surface area (Å²) in [6, 6.07) is 7.32. The topological polar surface area (TPSA) is 84.8 Å². The highest BCUT2D eigenvalue weighted by Gasteiger charge is 2.19. The molecule has 0 saturated carbocycles. The van der Waals surface area contributed by atoms with Crippen LogP contribution in [0.15, 0.2) is 29.4 Å². The summed E-state index contributed by atoms with van der Waals surface area (Å²) in [5.41, 5.74) is 6.86. The van der Waals surface area contributed by atoms with Gasteiger partial charge in [-0.3, -0.25) is 0 Å². The van der Waals surface area contributed by atoms with E-state index in [1.807, 2.05) is 17.0 Å². The van der Waals surface area contributed by atoms with Crippen LogP contribution in [-0.2, 0) is 4.74 Å². The van der Waals surface area contributed by atoms with Crippen LogP contribution < -0.4 is 10.6 Å². The number of hydrogen-bond acceptors (Lipinski definition) is 7. The van der Waals surface area contributed by atoms with Crippen LogP contribution in [0.5, 0.6) is 0 Å². The van der Waals surface area contributed by atoms with Gasteiger partial charge < -0.3 is 15.4 Å². The lowest BCUT2D eigenvalue weighted by atomic mass is 10.2. The summed E-state index contributed by atoms with van der Waals surface area (Å²) in [4.78, 5) is 6.29. The fraction of sp³-hybridized carbons (Fsp3) is 0.333. The number of hydrazone groups is 1. The van der Waals surface area contributed by atoms with Crippen LogP contribution in [0.25, 0.3) is 0 Å². The van der Waals surface area contributed by atoms with Crippen molar-refractivity contribution < 1.29 is 4.74 Å². The molecule has 0 unspecified atom stereocenters. The predicted molar refractivity (Wildman–Crippen MR) is 102 cm³/mol. The first kappa shape index (κ1) is 17.6. The molecule has 2 N–H and O–H groups in total. The predicted octanol–water partition coefficient (Wildman–Crippen LogP) is 1.45. The quantitative estimate of drug-likeness (QED) is 0.490. The zero-order valence-corrected chi connectivity index (χ0v) is 15.2. The van der Waals surface area contributed by atoms with Crippen molar-refractivity contribution in [3.05, 3.63) is 34.9 Å². The van der Waals surface area contributed by atoms with Crippen molar-refractivity contribution in [2.24, 2.45) is 5.10 Å². The van der Waals surface area contributed by atoms with Gasteiger partial charge in [-0.05, 0) is 29.9 Å². The number of anilines is 2. The molecule has 1 saturated heterocycles. The SMILES string of the molecule is CN(/N=C/c1ccc(Cl)cc1)C(=S)n1nc(N2CCOCC2)nc1N. The lowest BCUT2D eigenvalue weighted by Crippen LogP contribution is -2.37. The fourth-order valence-corrected chi connectivity index (χ4v) is 2.55. The van der Waals surface area contributed by atoms with Crippen LogP contribution in [0.1, 0.15) is 5.56 Å². The molecule has 3 rings (SSSR count). The number of benzene rings is 1. The minimum Gasteiger partial charge on any atom is -0.378 e. The average Bonchev–Trinajstić information content (AvgIpc) is 3.03. The molecule has 0 atom stereocenters. The van der Waals surface area contributed by atoms with Gasteiger partial charge in [0.15, 0.2) is 0 Å². The van der Waals surface area contributed by atoms with E-state index in [0.29, 0.717) is 29.3 Å². The van der Waals surface area contributed by atoms with Gasteiger partial charge in [0.05, 0.1) is 19.4 Å². The van der Waals surface area contributed by atoms with Crippen molar-refractivity contribution in [1.29, 1.82) is 0 Å². The van der Waals surface area contributed by atoms with Crippen molar-refractivity contribution in [2.75, 3.05) is 44.0 Å². The molecule has 1 aromatic carbocycles. The Labute approximate surface area is 155 Å². The number of halogens is 1. The second-order valence-electron chi connectivity index (χ2n) is 5.38. The van der Waals surface area contributed by atoms with E-state index in [9.17, 15) is 0 Å². The Kier molecular flexibility index (Phi) is 5.47. The van der Waals surface area contributed by atoms with Crippen LogP contribution in [0.3, 0.4) is 0 Å². The Morgan fingerprint density at radius 1 is 1.36 bits per heavy atom. The highest BCUT2D eigenvalue weighted by molar-refractivity contribution is 7.80. The van der Waals surface area contributed by atoms with E-state index in [-0.39, 0.29) is 5.95 Å². The summed E-state index contributed by atoms with van der Waals surface area (Å²) >= 11 is 11.3. The molecule has 2 aromatic rings.